The van der Waals surface area contributed by atoms with Crippen molar-refractivity contribution in [3.8, 4) is 11.5 Å². The zero-order valence-electron chi connectivity index (χ0n) is 20.2. The smallest absolute Gasteiger partial charge is 0.294 e. The molecule has 1 aliphatic heterocycles. The lowest BCUT2D eigenvalue weighted by Gasteiger charge is -2.14. The Labute approximate surface area is 247 Å². The number of amides is 3. The van der Waals surface area contributed by atoms with Crippen molar-refractivity contribution in [3.63, 3.8) is 0 Å². The first kappa shape index (κ1) is 28.3. The van der Waals surface area contributed by atoms with Crippen molar-refractivity contribution in [2.45, 2.75) is 13.5 Å². The molecule has 1 aliphatic rings. The summed E-state index contributed by atoms with van der Waals surface area (Å²) in [6, 6.07) is 16.0. The summed E-state index contributed by atoms with van der Waals surface area (Å²) in [5.41, 5.74) is 2.82. The first-order chi connectivity index (χ1) is 18.2. The van der Waals surface area contributed by atoms with Gasteiger partial charge >= 0.3 is 0 Å². The lowest BCUT2D eigenvalue weighted by molar-refractivity contribution is -0.127. The maximum Gasteiger partial charge on any atom is 0.294 e. The van der Waals surface area contributed by atoms with Crippen LogP contribution in [0.3, 0.4) is 0 Å². The molecule has 0 unspecified atom stereocenters. The molecule has 1 saturated heterocycles. The Bertz CT molecular complexity index is 1460. The molecule has 1 fully saturated rings. The Morgan fingerprint density at radius 1 is 1.11 bits per heavy atom. The molecular formula is C27H21Cl2IN2O5S. The molecule has 0 atom stereocenters. The standard InChI is InChI=1S/C27H21Cl2IN2O5S/c1-15-7-8-18(12-20(15)29)31-24(33)13-32-26(34)23(38-27(32)35)11-16-9-21(30)25(22(10-16)36-2)37-14-17-5-3-4-6-19(17)28/h3-12H,13-14H2,1-2H3,(H,31,33)/b23-11+. The summed E-state index contributed by atoms with van der Waals surface area (Å²) < 4.78 is 12.3. The molecule has 38 heavy (non-hydrogen) atoms. The van der Waals surface area contributed by atoms with Crippen LogP contribution in [0.4, 0.5) is 10.5 Å². The van der Waals surface area contributed by atoms with Gasteiger partial charge in [0.05, 0.1) is 15.6 Å². The number of anilines is 1. The summed E-state index contributed by atoms with van der Waals surface area (Å²) >= 11 is 15.2. The predicted molar refractivity (Wildman–Crippen MR) is 159 cm³/mol. The van der Waals surface area contributed by atoms with E-state index in [0.717, 1.165) is 31.4 Å². The average Bonchev–Trinajstić information content (AvgIpc) is 3.13. The number of nitrogens with one attached hydrogen (secondary N) is 1. The second kappa shape index (κ2) is 12.4. The number of hydrogen-bond acceptors (Lipinski definition) is 6. The molecule has 0 aliphatic carbocycles. The van der Waals surface area contributed by atoms with E-state index in [1.54, 1.807) is 36.4 Å². The minimum absolute atomic E-state index is 0.198. The summed E-state index contributed by atoms with van der Waals surface area (Å²) in [5.74, 6) is -0.0634. The van der Waals surface area contributed by atoms with Crippen LogP contribution in [-0.4, -0.2) is 35.6 Å². The molecule has 1 heterocycles. The van der Waals surface area contributed by atoms with E-state index >= 15 is 0 Å². The molecule has 0 bridgehead atoms. The predicted octanol–water partition coefficient (Wildman–Crippen LogP) is 7.17. The number of benzene rings is 3. The van der Waals surface area contributed by atoms with E-state index in [-0.39, 0.29) is 11.5 Å². The van der Waals surface area contributed by atoms with E-state index in [1.165, 1.54) is 7.11 Å². The fourth-order valence-corrected chi connectivity index (χ4v) is 5.52. The van der Waals surface area contributed by atoms with Crippen LogP contribution in [0.5, 0.6) is 11.5 Å². The van der Waals surface area contributed by atoms with Gasteiger partial charge in [0.2, 0.25) is 5.91 Å². The third-order valence-electron chi connectivity index (χ3n) is 5.51. The Kier molecular flexibility index (Phi) is 9.24. The van der Waals surface area contributed by atoms with E-state index in [0.29, 0.717) is 32.8 Å². The number of halogens is 3. The van der Waals surface area contributed by atoms with Gasteiger partial charge in [-0.3, -0.25) is 19.3 Å². The van der Waals surface area contributed by atoms with Crippen molar-refractivity contribution < 1.29 is 23.9 Å². The molecule has 11 heteroatoms. The largest absolute Gasteiger partial charge is 0.493 e. The van der Waals surface area contributed by atoms with Crippen molar-refractivity contribution >= 4 is 86.4 Å². The minimum atomic E-state index is -0.551. The Balaban J connectivity index is 1.47. The van der Waals surface area contributed by atoms with E-state index < -0.39 is 23.6 Å². The summed E-state index contributed by atoms with van der Waals surface area (Å²) in [6.45, 7) is 1.68. The van der Waals surface area contributed by atoms with Gasteiger partial charge in [0.15, 0.2) is 11.5 Å². The molecule has 7 nitrogen and oxygen atoms in total. The van der Waals surface area contributed by atoms with Gasteiger partial charge in [-0.1, -0.05) is 47.5 Å². The lowest BCUT2D eigenvalue weighted by Crippen LogP contribution is -2.36. The number of aryl methyl sites for hydroxylation is 1. The summed E-state index contributed by atoms with van der Waals surface area (Å²) in [4.78, 5) is 39.1. The Hall–Kier alpha value is -2.73. The first-order valence-electron chi connectivity index (χ1n) is 11.2. The third kappa shape index (κ3) is 6.63. The highest BCUT2D eigenvalue weighted by atomic mass is 127. The molecule has 196 valence electrons. The topological polar surface area (TPSA) is 84.9 Å². The summed E-state index contributed by atoms with van der Waals surface area (Å²) in [5, 5.41) is 3.24. The Morgan fingerprint density at radius 2 is 1.87 bits per heavy atom. The lowest BCUT2D eigenvalue weighted by atomic mass is 10.1. The second-order valence-corrected chi connectivity index (χ2v) is 11.2. The van der Waals surface area contributed by atoms with Crippen molar-refractivity contribution in [2.24, 2.45) is 0 Å². The van der Waals surface area contributed by atoms with Crippen molar-refractivity contribution in [3.05, 3.63) is 89.8 Å². The molecular weight excluding hydrogens is 662 g/mol. The van der Waals surface area contributed by atoms with E-state index in [2.05, 4.69) is 27.9 Å². The van der Waals surface area contributed by atoms with Crippen LogP contribution in [0.25, 0.3) is 6.08 Å². The van der Waals surface area contributed by atoms with Crippen LogP contribution in [0, 0.1) is 10.5 Å². The van der Waals surface area contributed by atoms with Crippen molar-refractivity contribution in [2.75, 3.05) is 19.0 Å². The molecule has 0 aromatic heterocycles. The van der Waals surface area contributed by atoms with Crippen LogP contribution in [0.2, 0.25) is 10.0 Å². The normalized spacial score (nSPS) is 14.2. The molecule has 3 aromatic rings. The molecule has 4 rings (SSSR count). The number of imide groups is 1. The van der Waals surface area contributed by atoms with Crippen LogP contribution >= 0.6 is 57.6 Å². The molecule has 1 N–H and O–H groups in total. The van der Waals surface area contributed by atoms with Gasteiger partial charge < -0.3 is 14.8 Å². The van der Waals surface area contributed by atoms with Gasteiger partial charge in [0.1, 0.15) is 13.2 Å². The van der Waals surface area contributed by atoms with E-state index in [1.807, 2.05) is 31.2 Å². The van der Waals surface area contributed by atoms with E-state index in [9.17, 15) is 14.4 Å². The number of thioether (sulfide) groups is 1. The van der Waals surface area contributed by atoms with Gasteiger partial charge in [-0.2, -0.15) is 0 Å². The van der Waals surface area contributed by atoms with Gasteiger partial charge in [0.25, 0.3) is 11.1 Å². The van der Waals surface area contributed by atoms with Crippen molar-refractivity contribution in [1.29, 1.82) is 0 Å². The van der Waals surface area contributed by atoms with Gasteiger partial charge in [0, 0.05) is 21.3 Å². The number of rotatable bonds is 8. The van der Waals surface area contributed by atoms with Crippen LogP contribution in [-0.2, 0) is 16.2 Å². The zero-order valence-corrected chi connectivity index (χ0v) is 24.7. The monoisotopic (exact) mass is 682 g/mol. The SMILES string of the molecule is COc1cc(/C=C2/SC(=O)N(CC(=O)Nc3ccc(C)c(Cl)c3)C2=O)cc(I)c1OCc1ccccc1Cl. The van der Waals surface area contributed by atoms with Gasteiger partial charge in [-0.25, -0.2) is 0 Å². The molecule has 3 aromatic carbocycles. The number of carbonyl (C=O) groups is 3. The van der Waals surface area contributed by atoms with Gasteiger partial charge in [-0.15, -0.1) is 0 Å². The third-order valence-corrected chi connectivity index (χ3v) is 7.99. The zero-order chi connectivity index (χ0) is 27.4. The number of ether oxygens (including phenoxy) is 2. The minimum Gasteiger partial charge on any atom is -0.493 e. The first-order valence-corrected chi connectivity index (χ1v) is 13.9. The molecule has 0 spiro atoms. The molecule has 0 radical (unpaired) electrons. The Morgan fingerprint density at radius 3 is 2.58 bits per heavy atom. The van der Waals surface area contributed by atoms with E-state index in [4.69, 9.17) is 32.7 Å². The highest BCUT2D eigenvalue weighted by Crippen LogP contribution is 2.38. The molecule has 3 amide bonds. The van der Waals surface area contributed by atoms with Crippen LogP contribution in [0.1, 0.15) is 16.7 Å². The average molecular weight is 683 g/mol. The number of carbonyl (C=O) groups excluding carboxylic acids is 3. The fourth-order valence-electron chi connectivity index (χ4n) is 3.53. The second-order valence-electron chi connectivity index (χ2n) is 8.19. The van der Waals surface area contributed by atoms with Crippen LogP contribution in [0.15, 0.2) is 59.5 Å². The number of methoxy groups -OCH3 is 1. The fraction of sp³-hybridized carbons (Fsp3) is 0.148. The number of hydrogen-bond donors (Lipinski definition) is 1. The molecule has 0 saturated carbocycles. The number of nitrogens with zero attached hydrogens (tertiary/aromatic N) is 1. The highest BCUT2D eigenvalue weighted by molar-refractivity contribution is 14.1. The maximum atomic E-state index is 12.9. The maximum absolute atomic E-state index is 12.9. The summed E-state index contributed by atoms with van der Waals surface area (Å²) in [6.07, 6.45) is 1.59. The quantitative estimate of drug-likeness (QED) is 0.200. The van der Waals surface area contributed by atoms with Crippen molar-refractivity contribution in [1.82, 2.24) is 4.90 Å². The van der Waals surface area contributed by atoms with Crippen LogP contribution < -0.4 is 14.8 Å². The highest BCUT2D eigenvalue weighted by Gasteiger charge is 2.36. The van der Waals surface area contributed by atoms with Gasteiger partial charge in [-0.05, 0) is 88.8 Å². The summed E-state index contributed by atoms with van der Waals surface area (Å²) in [7, 11) is 1.52.